The summed E-state index contributed by atoms with van der Waals surface area (Å²) in [7, 11) is 0. The summed E-state index contributed by atoms with van der Waals surface area (Å²) in [4.78, 5) is 43.9. The van der Waals surface area contributed by atoms with Gasteiger partial charge in [0.15, 0.2) is 11.6 Å². The van der Waals surface area contributed by atoms with Crippen LogP contribution in [-0.4, -0.2) is 45.9 Å². The Morgan fingerprint density at radius 2 is 1.86 bits per heavy atom. The number of carbonyl (C=O) groups is 3. The van der Waals surface area contributed by atoms with Crippen LogP contribution in [-0.2, 0) is 25.7 Å². The molecule has 11 heteroatoms. The maximum Gasteiger partial charge on any atom is 0.309 e. The van der Waals surface area contributed by atoms with E-state index in [1.165, 1.54) is 29.2 Å². The van der Waals surface area contributed by atoms with E-state index >= 15 is 0 Å². The minimum Gasteiger partial charge on any atom is -0.460 e. The van der Waals surface area contributed by atoms with Gasteiger partial charge in [-0.25, -0.2) is 18.2 Å². The Balaban J connectivity index is 1.84. The number of benzene rings is 1. The number of halogens is 4. The topological polar surface area (TPSA) is 79.8 Å². The third-order valence-electron chi connectivity index (χ3n) is 6.13. The lowest BCUT2D eigenvalue weighted by molar-refractivity contribution is -0.172. The van der Waals surface area contributed by atoms with Gasteiger partial charge in [-0.1, -0.05) is 35.9 Å². The van der Waals surface area contributed by atoms with Crippen LogP contribution in [0, 0.1) is 11.7 Å². The predicted octanol–water partition coefficient (Wildman–Crippen LogP) is 5.31. The van der Waals surface area contributed by atoms with Gasteiger partial charge in [0.2, 0.25) is 12.3 Å². The highest BCUT2D eigenvalue weighted by Gasteiger charge is 2.50. The Morgan fingerprint density at radius 3 is 2.38 bits per heavy atom. The summed E-state index contributed by atoms with van der Waals surface area (Å²) >= 11 is 5.74. The third-order valence-corrected chi connectivity index (χ3v) is 6.34. The molecular weight excluding hydrogens is 511 g/mol. The molecule has 1 aliphatic carbocycles. The fourth-order valence-electron chi connectivity index (χ4n) is 4.32. The molecule has 200 valence electrons. The molecule has 0 aliphatic heterocycles. The molecule has 0 saturated heterocycles. The van der Waals surface area contributed by atoms with Gasteiger partial charge in [0.05, 0.1) is 10.9 Å². The van der Waals surface area contributed by atoms with Gasteiger partial charge in [-0.05, 0) is 52.2 Å². The van der Waals surface area contributed by atoms with Crippen molar-refractivity contribution in [3.8, 4) is 0 Å². The summed E-state index contributed by atoms with van der Waals surface area (Å²) in [5.74, 6) is -2.58. The Hall–Kier alpha value is -3.14. The molecule has 1 heterocycles. The number of hydrogen-bond acceptors (Lipinski definition) is 5. The minimum absolute atomic E-state index is 0.0301. The second-order valence-corrected chi connectivity index (χ2v) is 10.8. The molecule has 7 nitrogen and oxygen atoms in total. The van der Waals surface area contributed by atoms with Crippen molar-refractivity contribution in [1.82, 2.24) is 9.88 Å². The predicted molar refractivity (Wildman–Crippen MR) is 132 cm³/mol. The molecule has 0 atom stereocenters. The van der Waals surface area contributed by atoms with Gasteiger partial charge in [0, 0.05) is 23.8 Å². The fraction of sp³-hybridized carbons (Fsp3) is 0.462. The number of carbonyl (C=O) groups excluding carboxylic acids is 3. The van der Waals surface area contributed by atoms with Gasteiger partial charge < -0.3 is 9.64 Å². The fourth-order valence-corrected chi connectivity index (χ4v) is 4.46. The van der Waals surface area contributed by atoms with Crippen molar-refractivity contribution in [1.29, 1.82) is 0 Å². The number of rotatable bonds is 9. The molecule has 37 heavy (non-hydrogen) atoms. The lowest BCUT2D eigenvalue weighted by atomic mass is 9.68. The Bertz CT molecular complexity index is 1150. The average molecular weight is 540 g/mol. The van der Waals surface area contributed by atoms with Crippen LogP contribution in [0.2, 0.25) is 5.02 Å². The molecule has 3 rings (SSSR count). The highest BCUT2D eigenvalue weighted by atomic mass is 35.5. The van der Waals surface area contributed by atoms with Crippen molar-refractivity contribution in [2.45, 2.75) is 64.6 Å². The van der Waals surface area contributed by atoms with Crippen molar-refractivity contribution >= 4 is 35.7 Å². The first-order valence-electron chi connectivity index (χ1n) is 11.7. The highest BCUT2D eigenvalue weighted by molar-refractivity contribution is 6.30. The standard InChI is InChI=1S/C26H29ClF3N3O4/c1-25(2,3)37-24(36)18-10-26(4,11-18)33(13-16-5-7-17(8-6-16)22(29)30)21(35)14-32(15-34)23-20(28)9-19(27)12-31-23/h5-9,12,15,18,22H,10-11,13-14H2,1-4H3. The number of alkyl halides is 2. The first-order valence-corrected chi connectivity index (χ1v) is 12.0. The molecule has 2 amide bonds. The summed E-state index contributed by atoms with van der Waals surface area (Å²) in [6, 6.07) is 6.52. The van der Waals surface area contributed by atoms with Crippen LogP contribution in [0.15, 0.2) is 36.5 Å². The van der Waals surface area contributed by atoms with Gasteiger partial charge in [0.1, 0.15) is 12.1 Å². The van der Waals surface area contributed by atoms with Crippen LogP contribution in [0.4, 0.5) is 19.0 Å². The van der Waals surface area contributed by atoms with Crippen molar-refractivity contribution in [2.24, 2.45) is 5.92 Å². The maximum absolute atomic E-state index is 14.4. The Kier molecular flexibility index (Phi) is 8.52. The van der Waals surface area contributed by atoms with E-state index in [1.807, 2.05) is 0 Å². The monoisotopic (exact) mass is 539 g/mol. The van der Waals surface area contributed by atoms with Crippen molar-refractivity contribution < 1.29 is 32.3 Å². The van der Waals surface area contributed by atoms with Gasteiger partial charge in [0.25, 0.3) is 6.43 Å². The van der Waals surface area contributed by atoms with E-state index in [4.69, 9.17) is 16.3 Å². The van der Waals surface area contributed by atoms with Gasteiger partial charge in [-0.3, -0.25) is 19.3 Å². The van der Waals surface area contributed by atoms with Crippen LogP contribution in [0.3, 0.4) is 0 Å². The first-order chi connectivity index (χ1) is 17.2. The van der Waals surface area contributed by atoms with Crippen LogP contribution >= 0.6 is 11.6 Å². The van der Waals surface area contributed by atoms with E-state index in [0.29, 0.717) is 24.8 Å². The summed E-state index contributed by atoms with van der Waals surface area (Å²) in [5, 5.41) is 0.0301. The summed E-state index contributed by atoms with van der Waals surface area (Å²) in [6.07, 6.45) is -0.579. The Labute approximate surface area is 218 Å². The first kappa shape index (κ1) is 28.4. The number of amides is 2. The molecule has 2 aromatic rings. The number of ether oxygens (including phenoxy) is 1. The van der Waals surface area contributed by atoms with Crippen LogP contribution in [0.1, 0.15) is 58.1 Å². The number of nitrogens with zero attached hydrogens (tertiary/aromatic N) is 3. The molecule has 0 bridgehead atoms. The van der Waals surface area contributed by atoms with Gasteiger partial charge in [-0.2, -0.15) is 0 Å². The zero-order valence-electron chi connectivity index (χ0n) is 21.0. The summed E-state index contributed by atoms with van der Waals surface area (Å²) in [5.41, 5.74) is -1.03. The van der Waals surface area contributed by atoms with E-state index in [2.05, 4.69) is 4.98 Å². The lowest BCUT2D eigenvalue weighted by Gasteiger charge is -2.52. The average Bonchev–Trinajstić information content (AvgIpc) is 2.78. The zero-order valence-corrected chi connectivity index (χ0v) is 21.8. The summed E-state index contributed by atoms with van der Waals surface area (Å²) in [6.45, 7) is 6.59. The van der Waals surface area contributed by atoms with E-state index < -0.39 is 41.8 Å². The lowest BCUT2D eigenvalue weighted by Crippen LogP contribution is -2.60. The SMILES string of the molecule is CC(C)(C)OC(=O)C1CC(C)(N(Cc2ccc(C(F)F)cc2)C(=O)CN(C=O)c2ncc(Cl)cc2F)C1. The van der Waals surface area contributed by atoms with E-state index in [0.717, 1.165) is 17.2 Å². The molecule has 1 aliphatic rings. The number of aromatic nitrogens is 1. The second-order valence-electron chi connectivity index (χ2n) is 10.4. The molecule has 0 radical (unpaired) electrons. The normalized spacial score (nSPS) is 19.2. The smallest absolute Gasteiger partial charge is 0.309 e. The number of hydrogen-bond donors (Lipinski definition) is 0. The van der Waals surface area contributed by atoms with E-state index in [-0.39, 0.29) is 28.9 Å². The van der Waals surface area contributed by atoms with Crippen molar-refractivity contribution in [3.05, 3.63) is 58.5 Å². The molecule has 0 unspecified atom stereocenters. The van der Waals surface area contributed by atoms with Crippen LogP contribution < -0.4 is 4.90 Å². The molecule has 1 saturated carbocycles. The third kappa shape index (κ3) is 7.00. The molecule has 1 aromatic carbocycles. The van der Waals surface area contributed by atoms with E-state index in [1.54, 1.807) is 27.7 Å². The molecule has 0 spiro atoms. The van der Waals surface area contributed by atoms with Crippen molar-refractivity contribution in [2.75, 3.05) is 11.4 Å². The van der Waals surface area contributed by atoms with E-state index in [9.17, 15) is 27.6 Å². The largest absolute Gasteiger partial charge is 0.460 e. The molecule has 1 fully saturated rings. The quantitative estimate of drug-likeness (QED) is 0.318. The summed E-state index contributed by atoms with van der Waals surface area (Å²) < 4.78 is 45.8. The molecule has 0 N–H and O–H groups in total. The number of anilines is 1. The maximum atomic E-state index is 14.4. The molecule has 1 aromatic heterocycles. The molecular formula is C26H29ClF3N3O4. The minimum atomic E-state index is -2.63. The van der Waals surface area contributed by atoms with Crippen molar-refractivity contribution in [3.63, 3.8) is 0 Å². The van der Waals surface area contributed by atoms with Gasteiger partial charge in [-0.15, -0.1) is 0 Å². The zero-order chi connectivity index (χ0) is 27.5. The second kappa shape index (κ2) is 11.1. The van der Waals surface area contributed by atoms with Gasteiger partial charge >= 0.3 is 5.97 Å². The van der Waals surface area contributed by atoms with Crippen LogP contribution in [0.5, 0.6) is 0 Å². The number of pyridine rings is 1. The van der Waals surface area contributed by atoms with Crippen LogP contribution in [0.25, 0.3) is 0 Å². The number of esters is 1. The Morgan fingerprint density at radius 1 is 1.24 bits per heavy atom. The highest BCUT2D eigenvalue weighted by Crippen LogP contribution is 2.44.